The van der Waals surface area contributed by atoms with Crippen LogP contribution in [-0.4, -0.2) is 41.5 Å². The fraction of sp³-hybridized carbons (Fsp3) is 0.600. The molecule has 0 bridgehead atoms. The third-order valence-corrected chi connectivity index (χ3v) is 3.96. The summed E-state index contributed by atoms with van der Waals surface area (Å²) in [7, 11) is 2.12. The number of aromatic nitrogens is 1. The summed E-state index contributed by atoms with van der Waals surface area (Å²) in [5, 5.41) is 3.17. The van der Waals surface area contributed by atoms with Crippen molar-refractivity contribution in [3.63, 3.8) is 0 Å². The Hall–Kier alpha value is -1.42. The monoisotopic (exact) mass is 261 g/mol. The molecule has 0 radical (unpaired) electrons. The summed E-state index contributed by atoms with van der Waals surface area (Å²) in [5.41, 5.74) is 2.26. The van der Waals surface area contributed by atoms with Crippen LogP contribution in [0.25, 0.3) is 0 Å². The van der Waals surface area contributed by atoms with E-state index in [1.165, 1.54) is 0 Å². The molecule has 1 aliphatic rings. The van der Waals surface area contributed by atoms with E-state index in [-0.39, 0.29) is 11.4 Å². The van der Waals surface area contributed by atoms with E-state index in [9.17, 15) is 4.79 Å². The minimum Gasteiger partial charge on any atom is -0.345 e. The predicted molar refractivity (Wildman–Crippen MR) is 76.3 cm³/mol. The Morgan fingerprint density at radius 2 is 1.95 bits per heavy atom. The number of nitrogens with one attached hydrogen (secondary N) is 1. The van der Waals surface area contributed by atoms with Crippen molar-refractivity contribution < 1.29 is 4.79 Å². The normalized spacial score (nSPS) is 19.2. The van der Waals surface area contributed by atoms with E-state index in [0.717, 1.165) is 37.2 Å². The number of hydrogen-bond donors (Lipinski definition) is 1. The fourth-order valence-corrected chi connectivity index (χ4v) is 2.43. The zero-order valence-electron chi connectivity index (χ0n) is 12.3. The average molecular weight is 261 g/mol. The van der Waals surface area contributed by atoms with Crippen LogP contribution in [0.2, 0.25) is 0 Å². The molecule has 4 heteroatoms. The maximum Gasteiger partial charge on any atom is 0.270 e. The van der Waals surface area contributed by atoms with Gasteiger partial charge >= 0.3 is 0 Å². The highest BCUT2D eigenvalue weighted by Gasteiger charge is 2.31. The molecule has 1 fully saturated rings. The van der Waals surface area contributed by atoms with Gasteiger partial charge in [0.1, 0.15) is 5.69 Å². The summed E-state index contributed by atoms with van der Waals surface area (Å²) in [5.74, 6) is -0.0479. The van der Waals surface area contributed by atoms with Crippen LogP contribution in [0.3, 0.4) is 0 Å². The number of carbonyl (C=O) groups excluding carboxylic acids is 1. The van der Waals surface area contributed by atoms with Crippen LogP contribution in [0.4, 0.5) is 0 Å². The number of amides is 1. The second-order valence-corrected chi connectivity index (χ2v) is 5.94. The van der Waals surface area contributed by atoms with Crippen molar-refractivity contribution in [2.45, 2.75) is 39.2 Å². The quantitative estimate of drug-likeness (QED) is 0.884. The number of piperidine rings is 1. The molecule has 1 aromatic rings. The number of aryl methyl sites for hydroxylation is 2. The van der Waals surface area contributed by atoms with Gasteiger partial charge in [-0.05, 0) is 52.3 Å². The first-order chi connectivity index (χ1) is 8.89. The second kappa shape index (κ2) is 5.29. The molecule has 0 saturated carbocycles. The molecule has 1 saturated heterocycles. The number of nitrogens with zero attached hydrogens (tertiary/aromatic N) is 2. The van der Waals surface area contributed by atoms with Gasteiger partial charge in [0.2, 0.25) is 0 Å². The Kier molecular flexibility index (Phi) is 3.90. The van der Waals surface area contributed by atoms with Crippen molar-refractivity contribution in [3.05, 3.63) is 29.1 Å². The van der Waals surface area contributed by atoms with Crippen LogP contribution in [-0.2, 0) is 0 Å². The predicted octanol–water partition coefficient (Wildman–Crippen LogP) is 1.91. The maximum absolute atomic E-state index is 12.4. The van der Waals surface area contributed by atoms with Gasteiger partial charge in [-0.15, -0.1) is 0 Å². The number of rotatable bonds is 2. The van der Waals surface area contributed by atoms with Crippen molar-refractivity contribution in [1.82, 2.24) is 15.2 Å². The SMILES string of the molecule is Cc1ccc(C)c(C(=O)NC2(C)CCN(C)CC2)n1. The van der Waals surface area contributed by atoms with E-state index < -0.39 is 0 Å². The Bertz CT molecular complexity index is 476. The van der Waals surface area contributed by atoms with Crippen LogP contribution in [0.1, 0.15) is 41.5 Å². The summed E-state index contributed by atoms with van der Waals surface area (Å²) in [6, 6.07) is 3.89. The Morgan fingerprint density at radius 3 is 2.58 bits per heavy atom. The molecule has 2 rings (SSSR count). The van der Waals surface area contributed by atoms with Crippen molar-refractivity contribution in [2.75, 3.05) is 20.1 Å². The van der Waals surface area contributed by atoms with Gasteiger partial charge in [-0.25, -0.2) is 4.98 Å². The van der Waals surface area contributed by atoms with Crippen LogP contribution in [0, 0.1) is 13.8 Å². The zero-order valence-corrected chi connectivity index (χ0v) is 12.3. The molecule has 1 N–H and O–H groups in total. The lowest BCUT2D eigenvalue weighted by atomic mass is 9.89. The van der Waals surface area contributed by atoms with E-state index in [1.54, 1.807) is 0 Å². The number of pyridine rings is 1. The van der Waals surface area contributed by atoms with E-state index in [2.05, 4.69) is 29.2 Å². The van der Waals surface area contributed by atoms with Crippen LogP contribution >= 0.6 is 0 Å². The Balaban J connectivity index is 2.10. The smallest absolute Gasteiger partial charge is 0.270 e. The summed E-state index contributed by atoms with van der Waals surface area (Å²) < 4.78 is 0. The molecule has 1 amide bonds. The highest BCUT2D eigenvalue weighted by Crippen LogP contribution is 2.21. The third kappa shape index (κ3) is 3.32. The topological polar surface area (TPSA) is 45.2 Å². The molecule has 1 aliphatic heterocycles. The van der Waals surface area contributed by atoms with E-state index in [4.69, 9.17) is 0 Å². The maximum atomic E-state index is 12.4. The molecule has 4 nitrogen and oxygen atoms in total. The molecule has 2 heterocycles. The first kappa shape index (κ1) is 14.0. The van der Waals surface area contributed by atoms with Crippen molar-refractivity contribution in [1.29, 1.82) is 0 Å². The van der Waals surface area contributed by atoms with E-state index in [0.29, 0.717) is 5.69 Å². The van der Waals surface area contributed by atoms with Gasteiger partial charge in [0, 0.05) is 24.3 Å². The summed E-state index contributed by atoms with van der Waals surface area (Å²) in [4.78, 5) is 19.0. The van der Waals surface area contributed by atoms with Crippen molar-refractivity contribution in [2.24, 2.45) is 0 Å². The molecule has 19 heavy (non-hydrogen) atoms. The third-order valence-electron chi connectivity index (χ3n) is 3.96. The number of hydrogen-bond acceptors (Lipinski definition) is 3. The van der Waals surface area contributed by atoms with Gasteiger partial charge < -0.3 is 10.2 Å². The van der Waals surface area contributed by atoms with Gasteiger partial charge in [-0.2, -0.15) is 0 Å². The molecule has 0 aromatic carbocycles. The Morgan fingerprint density at radius 1 is 1.32 bits per heavy atom. The summed E-state index contributed by atoms with van der Waals surface area (Å²) in [6.45, 7) is 8.02. The van der Waals surface area contributed by atoms with Gasteiger partial charge in [0.05, 0.1) is 0 Å². The van der Waals surface area contributed by atoms with Crippen molar-refractivity contribution >= 4 is 5.91 Å². The molecule has 0 spiro atoms. The molecule has 104 valence electrons. The van der Waals surface area contributed by atoms with Gasteiger partial charge in [-0.1, -0.05) is 6.07 Å². The molecule has 0 aliphatic carbocycles. The van der Waals surface area contributed by atoms with Crippen LogP contribution < -0.4 is 5.32 Å². The number of likely N-dealkylation sites (tertiary alicyclic amines) is 1. The first-order valence-electron chi connectivity index (χ1n) is 6.85. The highest BCUT2D eigenvalue weighted by molar-refractivity contribution is 5.94. The lowest BCUT2D eigenvalue weighted by molar-refractivity contribution is 0.0846. The molecule has 0 unspecified atom stereocenters. The van der Waals surface area contributed by atoms with E-state index in [1.807, 2.05) is 26.0 Å². The second-order valence-electron chi connectivity index (χ2n) is 5.94. The summed E-state index contributed by atoms with van der Waals surface area (Å²) in [6.07, 6.45) is 1.97. The van der Waals surface area contributed by atoms with Gasteiger partial charge in [0.15, 0.2) is 0 Å². The van der Waals surface area contributed by atoms with Crippen LogP contribution in [0.15, 0.2) is 12.1 Å². The molecular formula is C15H23N3O. The zero-order chi connectivity index (χ0) is 14.0. The average Bonchev–Trinajstić information content (AvgIpc) is 2.36. The standard InChI is InChI=1S/C15H23N3O/c1-11-5-6-12(2)16-13(11)14(19)17-15(3)7-9-18(4)10-8-15/h5-6H,7-10H2,1-4H3,(H,17,19). The molecule has 1 aromatic heterocycles. The van der Waals surface area contributed by atoms with Crippen LogP contribution in [0.5, 0.6) is 0 Å². The Labute approximate surface area is 115 Å². The van der Waals surface area contributed by atoms with E-state index >= 15 is 0 Å². The number of carbonyl (C=O) groups is 1. The first-order valence-corrected chi connectivity index (χ1v) is 6.85. The minimum atomic E-state index is -0.110. The fourth-order valence-electron chi connectivity index (χ4n) is 2.43. The minimum absolute atomic E-state index is 0.0479. The highest BCUT2D eigenvalue weighted by atomic mass is 16.2. The van der Waals surface area contributed by atoms with Crippen molar-refractivity contribution in [3.8, 4) is 0 Å². The molecule has 0 atom stereocenters. The lowest BCUT2D eigenvalue weighted by Crippen LogP contribution is -2.52. The summed E-state index contributed by atoms with van der Waals surface area (Å²) >= 11 is 0. The largest absolute Gasteiger partial charge is 0.345 e. The van der Waals surface area contributed by atoms with Gasteiger partial charge in [-0.3, -0.25) is 4.79 Å². The molecular weight excluding hydrogens is 238 g/mol. The van der Waals surface area contributed by atoms with Gasteiger partial charge in [0.25, 0.3) is 5.91 Å². The lowest BCUT2D eigenvalue weighted by Gasteiger charge is -2.38.